The fourth-order valence-electron chi connectivity index (χ4n) is 3.47. The maximum absolute atomic E-state index is 12.8. The molecule has 27 heavy (non-hydrogen) atoms. The van der Waals surface area contributed by atoms with E-state index in [0.29, 0.717) is 11.6 Å². The van der Waals surface area contributed by atoms with Gasteiger partial charge in [-0.1, -0.05) is 6.07 Å². The van der Waals surface area contributed by atoms with Crippen LogP contribution >= 0.6 is 0 Å². The van der Waals surface area contributed by atoms with Crippen LogP contribution < -0.4 is 9.80 Å². The van der Waals surface area contributed by atoms with Crippen LogP contribution in [-0.2, 0) is 0 Å². The van der Waals surface area contributed by atoms with E-state index in [0.717, 1.165) is 58.2 Å². The smallest absolute Gasteiger partial charge is 0.272 e. The van der Waals surface area contributed by atoms with Gasteiger partial charge in [0.15, 0.2) is 0 Å². The van der Waals surface area contributed by atoms with E-state index in [2.05, 4.69) is 36.7 Å². The molecule has 0 bridgehead atoms. The average molecular weight is 367 g/mol. The molecule has 142 valence electrons. The quantitative estimate of drug-likeness (QED) is 0.786. The van der Waals surface area contributed by atoms with Crippen molar-refractivity contribution in [2.45, 2.75) is 0 Å². The third-order valence-electron chi connectivity index (χ3n) is 5.19. The van der Waals surface area contributed by atoms with Crippen LogP contribution in [0.1, 0.15) is 10.5 Å². The minimum Gasteiger partial charge on any atom is -0.353 e. The number of aromatic nitrogens is 3. The Labute approximate surface area is 159 Å². The molecule has 0 saturated carbocycles. The monoisotopic (exact) mass is 367 g/mol. The molecule has 0 spiro atoms. The molecular weight excluding hydrogens is 342 g/mol. The van der Waals surface area contributed by atoms with Crippen molar-refractivity contribution in [2.75, 3.05) is 69.2 Å². The van der Waals surface area contributed by atoms with Gasteiger partial charge in [-0.15, -0.1) is 0 Å². The lowest BCUT2D eigenvalue weighted by molar-refractivity contribution is 0.0658. The summed E-state index contributed by atoms with van der Waals surface area (Å²) >= 11 is 0. The number of likely N-dealkylation sites (N-methyl/N-ethyl adjacent to an activating group) is 1. The molecule has 0 N–H and O–H groups in total. The number of hydrogen-bond donors (Lipinski definition) is 0. The van der Waals surface area contributed by atoms with Crippen LogP contribution in [-0.4, -0.2) is 90.1 Å². The van der Waals surface area contributed by atoms with E-state index >= 15 is 0 Å². The number of anilines is 2. The predicted molar refractivity (Wildman–Crippen MR) is 104 cm³/mol. The number of carbonyl (C=O) groups excluding carboxylic acids is 1. The summed E-state index contributed by atoms with van der Waals surface area (Å²) in [6.07, 6.45) is 3.51. The van der Waals surface area contributed by atoms with Gasteiger partial charge >= 0.3 is 0 Å². The Bertz CT molecular complexity index is 769. The van der Waals surface area contributed by atoms with E-state index in [9.17, 15) is 4.79 Å². The van der Waals surface area contributed by atoms with Gasteiger partial charge < -0.3 is 19.6 Å². The zero-order valence-corrected chi connectivity index (χ0v) is 15.7. The maximum Gasteiger partial charge on any atom is 0.272 e. The van der Waals surface area contributed by atoms with Crippen molar-refractivity contribution in [2.24, 2.45) is 0 Å². The molecule has 2 aromatic heterocycles. The maximum atomic E-state index is 12.8. The molecule has 4 heterocycles. The first kappa shape index (κ1) is 17.7. The number of carbonyl (C=O) groups is 1. The highest BCUT2D eigenvalue weighted by molar-refractivity contribution is 5.92. The summed E-state index contributed by atoms with van der Waals surface area (Å²) < 4.78 is 0. The molecule has 8 nitrogen and oxygen atoms in total. The second-order valence-corrected chi connectivity index (χ2v) is 7.00. The highest BCUT2D eigenvalue weighted by atomic mass is 16.2. The molecule has 0 atom stereocenters. The molecule has 0 radical (unpaired) electrons. The summed E-state index contributed by atoms with van der Waals surface area (Å²) in [7, 11) is 2.08. The Kier molecular flexibility index (Phi) is 5.15. The summed E-state index contributed by atoms with van der Waals surface area (Å²) in [6, 6.07) is 7.68. The van der Waals surface area contributed by atoms with Gasteiger partial charge in [0.2, 0.25) is 5.95 Å². The van der Waals surface area contributed by atoms with Crippen molar-refractivity contribution >= 4 is 17.7 Å². The van der Waals surface area contributed by atoms with E-state index < -0.39 is 0 Å². The van der Waals surface area contributed by atoms with Crippen molar-refractivity contribution in [1.82, 2.24) is 24.8 Å². The van der Waals surface area contributed by atoms with E-state index in [-0.39, 0.29) is 5.91 Å². The number of nitrogens with zero attached hydrogens (tertiary/aromatic N) is 7. The zero-order valence-electron chi connectivity index (χ0n) is 15.7. The predicted octanol–water partition coefficient (Wildman–Crippen LogP) is 0.586. The number of amides is 1. The van der Waals surface area contributed by atoms with Gasteiger partial charge in [-0.3, -0.25) is 4.79 Å². The van der Waals surface area contributed by atoms with Crippen molar-refractivity contribution in [3.05, 3.63) is 42.4 Å². The Morgan fingerprint density at radius 1 is 0.852 bits per heavy atom. The molecule has 1 amide bonds. The summed E-state index contributed by atoms with van der Waals surface area (Å²) in [5.41, 5.74) is 0.483. The molecule has 2 aliphatic heterocycles. The normalized spacial score (nSPS) is 18.6. The molecule has 2 aromatic rings. The van der Waals surface area contributed by atoms with Crippen molar-refractivity contribution in [3.63, 3.8) is 0 Å². The number of piperazine rings is 2. The SMILES string of the molecule is CN1CCN(C(=O)c2ccnc(N3CCN(c4ccccn4)CC3)n2)CC1. The standard InChI is InChI=1S/C19H25N7O/c1-23-8-10-25(11-9-23)18(27)16-5-7-21-19(22-16)26-14-12-24(13-15-26)17-4-2-3-6-20-17/h2-7H,8-15H2,1H3. The van der Waals surface area contributed by atoms with Crippen molar-refractivity contribution in [3.8, 4) is 0 Å². The summed E-state index contributed by atoms with van der Waals surface area (Å²) in [5, 5.41) is 0. The van der Waals surface area contributed by atoms with E-state index in [1.54, 1.807) is 12.3 Å². The molecule has 2 fully saturated rings. The van der Waals surface area contributed by atoms with Crippen LogP contribution in [0.15, 0.2) is 36.7 Å². The fourth-order valence-corrected chi connectivity index (χ4v) is 3.47. The van der Waals surface area contributed by atoms with Crippen LogP contribution in [0.5, 0.6) is 0 Å². The lowest BCUT2D eigenvalue weighted by Gasteiger charge is -2.35. The Hall–Kier alpha value is -2.74. The van der Waals surface area contributed by atoms with Crippen LogP contribution in [0.25, 0.3) is 0 Å². The third kappa shape index (κ3) is 4.00. The highest BCUT2D eigenvalue weighted by Crippen LogP contribution is 2.16. The topological polar surface area (TPSA) is 68.7 Å². The van der Waals surface area contributed by atoms with Crippen LogP contribution in [0.4, 0.5) is 11.8 Å². The van der Waals surface area contributed by atoms with Crippen molar-refractivity contribution in [1.29, 1.82) is 0 Å². The summed E-state index contributed by atoms with van der Waals surface area (Å²) in [5.74, 6) is 1.63. The molecular formula is C19H25N7O. The highest BCUT2D eigenvalue weighted by Gasteiger charge is 2.24. The van der Waals surface area contributed by atoms with Gasteiger partial charge in [-0.05, 0) is 25.2 Å². The van der Waals surface area contributed by atoms with Crippen LogP contribution in [0, 0.1) is 0 Å². The molecule has 0 unspecified atom stereocenters. The van der Waals surface area contributed by atoms with Gasteiger partial charge in [0.1, 0.15) is 11.5 Å². The van der Waals surface area contributed by atoms with Crippen molar-refractivity contribution < 1.29 is 4.79 Å². The second-order valence-electron chi connectivity index (χ2n) is 7.00. The van der Waals surface area contributed by atoms with E-state index in [1.807, 2.05) is 29.3 Å². The fraction of sp³-hybridized carbons (Fsp3) is 0.474. The Balaban J connectivity index is 1.40. The molecule has 0 aromatic carbocycles. The van der Waals surface area contributed by atoms with Crippen LogP contribution in [0.3, 0.4) is 0 Å². The van der Waals surface area contributed by atoms with Gasteiger partial charge in [-0.2, -0.15) is 0 Å². The summed E-state index contributed by atoms with van der Waals surface area (Å²) in [4.78, 5) is 34.7. The molecule has 0 aliphatic carbocycles. The largest absolute Gasteiger partial charge is 0.353 e. The minimum atomic E-state index is -0.00104. The van der Waals surface area contributed by atoms with Gasteiger partial charge in [0.05, 0.1) is 0 Å². The lowest BCUT2D eigenvalue weighted by Crippen LogP contribution is -2.48. The third-order valence-corrected chi connectivity index (χ3v) is 5.19. The lowest BCUT2D eigenvalue weighted by atomic mass is 10.2. The van der Waals surface area contributed by atoms with Gasteiger partial charge in [-0.25, -0.2) is 15.0 Å². The molecule has 8 heteroatoms. The first-order valence-corrected chi connectivity index (χ1v) is 9.42. The van der Waals surface area contributed by atoms with E-state index in [4.69, 9.17) is 0 Å². The van der Waals surface area contributed by atoms with E-state index in [1.165, 1.54) is 0 Å². The number of rotatable bonds is 3. The minimum absolute atomic E-state index is 0.00104. The van der Waals surface area contributed by atoms with Crippen LogP contribution in [0.2, 0.25) is 0 Å². The zero-order chi connectivity index (χ0) is 18.6. The first-order valence-electron chi connectivity index (χ1n) is 9.42. The van der Waals surface area contributed by atoms with Gasteiger partial charge in [0.25, 0.3) is 5.91 Å². The second kappa shape index (κ2) is 7.87. The molecule has 2 aliphatic rings. The number of hydrogen-bond acceptors (Lipinski definition) is 7. The first-order chi connectivity index (χ1) is 13.2. The molecule has 4 rings (SSSR count). The average Bonchev–Trinajstić information content (AvgIpc) is 2.75. The van der Waals surface area contributed by atoms with Gasteiger partial charge in [0, 0.05) is 64.8 Å². The molecule has 2 saturated heterocycles. The summed E-state index contributed by atoms with van der Waals surface area (Å²) in [6.45, 7) is 6.63. The Morgan fingerprint density at radius 2 is 1.59 bits per heavy atom. The Morgan fingerprint density at radius 3 is 2.30 bits per heavy atom. The number of pyridine rings is 1.